The van der Waals surface area contributed by atoms with Crippen LogP contribution in [0, 0.1) is 0 Å². The number of benzene rings is 1. The lowest BCUT2D eigenvalue weighted by Crippen LogP contribution is -2.13. The maximum atomic E-state index is 12.4. The summed E-state index contributed by atoms with van der Waals surface area (Å²) in [6.45, 7) is 1.99. The number of pyridine rings is 1. The van der Waals surface area contributed by atoms with Gasteiger partial charge in [0.15, 0.2) is 0 Å². The molecule has 0 unspecified atom stereocenters. The van der Waals surface area contributed by atoms with E-state index in [1.165, 1.54) is 17.5 Å². The van der Waals surface area contributed by atoms with Crippen molar-refractivity contribution in [2.75, 3.05) is 11.1 Å². The zero-order valence-electron chi connectivity index (χ0n) is 11.3. The van der Waals surface area contributed by atoms with Gasteiger partial charge in [-0.1, -0.05) is 42.5 Å². The Morgan fingerprint density at radius 3 is 2.76 bits per heavy atom. The van der Waals surface area contributed by atoms with Crippen molar-refractivity contribution in [2.24, 2.45) is 0 Å². The molecule has 3 N–H and O–H groups in total. The number of hydrogen-bond acceptors (Lipinski definition) is 6. The molecule has 1 aromatic carbocycles. The third kappa shape index (κ3) is 2.55. The van der Waals surface area contributed by atoms with Gasteiger partial charge < -0.3 is 5.73 Å². The van der Waals surface area contributed by atoms with Crippen molar-refractivity contribution in [2.45, 2.75) is 13.3 Å². The molecule has 6 nitrogen and oxygen atoms in total. The van der Waals surface area contributed by atoms with E-state index in [-0.39, 0.29) is 5.91 Å². The Morgan fingerprint density at radius 1 is 1.29 bits per heavy atom. The highest BCUT2D eigenvalue weighted by Gasteiger charge is 2.14. The minimum Gasteiger partial charge on any atom is -0.383 e. The van der Waals surface area contributed by atoms with Crippen molar-refractivity contribution in [3.05, 3.63) is 41.0 Å². The SMILES string of the molecule is CCc1nnc(NC(=O)c2cnc(N)c3ccccc23)s1. The van der Waals surface area contributed by atoms with Crippen LogP contribution in [0.15, 0.2) is 30.5 Å². The van der Waals surface area contributed by atoms with Gasteiger partial charge >= 0.3 is 0 Å². The van der Waals surface area contributed by atoms with E-state index in [1.807, 2.05) is 31.2 Å². The molecule has 2 aromatic heterocycles. The molecule has 0 saturated carbocycles. The molecule has 0 saturated heterocycles. The lowest BCUT2D eigenvalue weighted by Gasteiger charge is -2.07. The summed E-state index contributed by atoms with van der Waals surface area (Å²) in [6, 6.07) is 7.41. The first-order valence-corrected chi connectivity index (χ1v) is 7.27. The van der Waals surface area contributed by atoms with Crippen LogP contribution in [-0.4, -0.2) is 21.1 Å². The van der Waals surface area contributed by atoms with E-state index >= 15 is 0 Å². The summed E-state index contributed by atoms with van der Waals surface area (Å²) in [7, 11) is 0. The predicted octanol–water partition coefficient (Wildman–Crippen LogP) is 2.48. The quantitative estimate of drug-likeness (QED) is 0.775. The number of carbonyl (C=O) groups is 1. The lowest BCUT2D eigenvalue weighted by molar-refractivity contribution is 0.102. The predicted molar refractivity (Wildman–Crippen MR) is 83.4 cm³/mol. The molecule has 3 rings (SSSR count). The van der Waals surface area contributed by atoms with Crippen molar-refractivity contribution >= 4 is 39.0 Å². The third-order valence-electron chi connectivity index (χ3n) is 3.06. The highest BCUT2D eigenvalue weighted by molar-refractivity contribution is 7.15. The van der Waals surface area contributed by atoms with E-state index in [0.717, 1.165) is 22.2 Å². The number of nitrogens with zero attached hydrogens (tertiary/aromatic N) is 3. The van der Waals surface area contributed by atoms with Crippen molar-refractivity contribution < 1.29 is 4.79 Å². The first-order valence-electron chi connectivity index (χ1n) is 6.46. The minimum absolute atomic E-state index is 0.266. The molecule has 21 heavy (non-hydrogen) atoms. The lowest BCUT2D eigenvalue weighted by atomic mass is 10.1. The Bertz CT molecular complexity index is 814. The molecule has 0 spiro atoms. The summed E-state index contributed by atoms with van der Waals surface area (Å²) >= 11 is 1.37. The standard InChI is InChI=1S/C14H13N5OS/c1-2-11-18-19-14(21-11)17-13(20)10-7-16-12(15)9-6-4-3-5-8(9)10/h3-7H,2H2,1H3,(H2,15,16)(H,17,19,20). The van der Waals surface area contributed by atoms with Crippen LogP contribution in [0.3, 0.4) is 0 Å². The Labute approximate surface area is 125 Å². The molecule has 0 fully saturated rings. The van der Waals surface area contributed by atoms with E-state index in [9.17, 15) is 4.79 Å². The smallest absolute Gasteiger partial charge is 0.259 e. The summed E-state index contributed by atoms with van der Waals surface area (Å²) in [4.78, 5) is 16.5. The molecule has 7 heteroatoms. The van der Waals surface area contributed by atoms with Crippen LogP contribution in [0.5, 0.6) is 0 Å². The topological polar surface area (TPSA) is 93.8 Å². The van der Waals surface area contributed by atoms with Gasteiger partial charge in [0.1, 0.15) is 10.8 Å². The maximum Gasteiger partial charge on any atom is 0.259 e. The number of carbonyl (C=O) groups excluding carboxylic acids is 1. The van der Waals surface area contributed by atoms with Gasteiger partial charge in [0.2, 0.25) is 5.13 Å². The number of nitrogens with one attached hydrogen (secondary N) is 1. The van der Waals surface area contributed by atoms with Gasteiger partial charge in [-0.3, -0.25) is 10.1 Å². The fourth-order valence-corrected chi connectivity index (χ4v) is 2.68. The van der Waals surface area contributed by atoms with Crippen molar-refractivity contribution in [3.63, 3.8) is 0 Å². The zero-order valence-corrected chi connectivity index (χ0v) is 12.1. The van der Waals surface area contributed by atoms with Crippen LogP contribution in [-0.2, 0) is 6.42 Å². The molecular formula is C14H13N5OS. The molecule has 0 bridgehead atoms. The van der Waals surface area contributed by atoms with E-state index in [0.29, 0.717) is 16.5 Å². The summed E-state index contributed by atoms with van der Waals surface area (Å²) in [5, 5.41) is 13.6. The fourth-order valence-electron chi connectivity index (χ4n) is 2.01. The number of amides is 1. The number of rotatable bonds is 3. The van der Waals surface area contributed by atoms with Crippen LogP contribution in [0.4, 0.5) is 10.9 Å². The first-order chi connectivity index (χ1) is 10.2. The van der Waals surface area contributed by atoms with Gasteiger partial charge in [-0.15, -0.1) is 10.2 Å². The van der Waals surface area contributed by atoms with Crippen LogP contribution in [0.25, 0.3) is 10.8 Å². The average molecular weight is 299 g/mol. The number of aromatic nitrogens is 3. The molecule has 0 aliphatic rings. The van der Waals surface area contributed by atoms with Crippen molar-refractivity contribution in [1.29, 1.82) is 0 Å². The number of nitrogen functional groups attached to an aromatic ring is 1. The van der Waals surface area contributed by atoms with Gasteiger partial charge in [-0.05, 0) is 11.8 Å². The Balaban J connectivity index is 1.96. The second-order valence-corrected chi connectivity index (χ2v) is 5.47. The molecule has 0 aliphatic heterocycles. The Kier molecular flexibility index (Phi) is 3.49. The van der Waals surface area contributed by atoms with Gasteiger partial charge in [-0.2, -0.15) is 0 Å². The summed E-state index contributed by atoms with van der Waals surface area (Å²) in [6.07, 6.45) is 2.27. The summed E-state index contributed by atoms with van der Waals surface area (Å²) in [5.74, 6) is 0.142. The highest BCUT2D eigenvalue weighted by Crippen LogP contribution is 2.24. The second-order valence-electron chi connectivity index (χ2n) is 4.41. The number of nitrogens with two attached hydrogens (primary N) is 1. The van der Waals surface area contributed by atoms with Crippen LogP contribution in [0.2, 0.25) is 0 Å². The second kappa shape index (κ2) is 5.45. The molecule has 0 radical (unpaired) electrons. The fraction of sp³-hybridized carbons (Fsp3) is 0.143. The van der Waals surface area contributed by atoms with E-state index in [1.54, 1.807) is 0 Å². The third-order valence-corrected chi connectivity index (χ3v) is 4.04. The number of aryl methyl sites for hydroxylation is 1. The van der Waals surface area contributed by atoms with Crippen molar-refractivity contribution in [3.8, 4) is 0 Å². The van der Waals surface area contributed by atoms with Gasteiger partial charge in [0, 0.05) is 11.6 Å². The Hall–Kier alpha value is -2.54. The summed E-state index contributed by atoms with van der Waals surface area (Å²) < 4.78 is 0. The number of hydrogen-bond donors (Lipinski definition) is 2. The molecule has 3 aromatic rings. The van der Waals surface area contributed by atoms with Crippen LogP contribution < -0.4 is 11.1 Å². The minimum atomic E-state index is -0.266. The normalized spacial score (nSPS) is 10.7. The zero-order chi connectivity index (χ0) is 14.8. The monoisotopic (exact) mass is 299 g/mol. The van der Waals surface area contributed by atoms with Crippen molar-refractivity contribution in [1.82, 2.24) is 15.2 Å². The van der Waals surface area contributed by atoms with Crippen LogP contribution >= 0.6 is 11.3 Å². The largest absolute Gasteiger partial charge is 0.383 e. The van der Waals surface area contributed by atoms with Gasteiger partial charge in [-0.25, -0.2) is 4.98 Å². The molecule has 0 atom stereocenters. The van der Waals surface area contributed by atoms with Gasteiger partial charge in [0.25, 0.3) is 5.91 Å². The molecule has 0 aliphatic carbocycles. The number of anilines is 2. The van der Waals surface area contributed by atoms with E-state index in [2.05, 4.69) is 20.5 Å². The molecular weight excluding hydrogens is 286 g/mol. The first kappa shape index (κ1) is 13.4. The number of fused-ring (bicyclic) bond motifs is 1. The summed E-state index contributed by atoms with van der Waals surface area (Å²) in [5.41, 5.74) is 6.30. The average Bonchev–Trinajstić information content (AvgIpc) is 2.95. The molecule has 2 heterocycles. The highest BCUT2D eigenvalue weighted by atomic mass is 32.1. The van der Waals surface area contributed by atoms with Gasteiger partial charge in [0.05, 0.1) is 5.56 Å². The molecule has 106 valence electrons. The Morgan fingerprint density at radius 2 is 2.05 bits per heavy atom. The maximum absolute atomic E-state index is 12.4. The molecule has 1 amide bonds. The van der Waals surface area contributed by atoms with E-state index in [4.69, 9.17) is 5.73 Å². The van der Waals surface area contributed by atoms with Crippen LogP contribution in [0.1, 0.15) is 22.3 Å². The van der Waals surface area contributed by atoms with E-state index < -0.39 is 0 Å².